The number of carbonyl (C=O) groups is 2. The number of carboxylic acids is 2. The number of aliphatic carboxylic acids is 2. The molecule has 5 heterocycles. The third-order valence-electron chi connectivity index (χ3n) is 14.9. The summed E-state index contributed by atoms with van der Waals surface area (Å²) >= 11 is 0. The molecular formula is C45H71NNa8O45S6. The summed E-state index contributed by atoms with van der Waals surface area (Å²) in [5.41, 5.74) is 3.67. The van der Waals surface area contributed by atoms with Crippen LogP contribution in [0, 0.1) is 0 Å². The van der Waals surface area contributed by atoms with Crippen molar-refractivity contribution in [3.8, 4) is 0 Å². The van der Waals surface area contributed by atoms with E-state index in [-0.39, 0.29) is 250 Å². The molecule has 0 aromatic heterocycles. The van der Waals surface area contributed by atoms with E-state index in [4.69, 9.17) is 85.7 Å². The average molecular weight is 1720 g/mol. The van der Waals surface area contributed by atoms with Crippen LogP contribution in [0.15, 0.2) is 0 Å². The first-order valence-electron chi connectivity index (χ1n) is 28.4. The fraction of sp³-hybridized carbons (Fsp3) is 0.956. The topological polar surface area (TPSA) is 673 Å². The van der Waals surface area contributed by atoms with E-state index in [2.05, 4.69) is 20.9 Å². The smallest absolute Gasteiger partial charge is 0.726 e. The van der Waals surface area contributed by atoms with Crippen LogP contribution < -0.4 is 252 Å². The Bertz CT molecular complexity index is 3260. The van der Waals surface area contributed by atoms with Gasteiger partial charge in [0, 0.05) is 41.7 Å². The zero-order chi connectivity index (χ0) is 73.0. The first kappa shape index (κ1) is 117. The number of ether oxygens (including phenoxy) is 16. The molecule has 24 atom stereocenters. The molecule has 0 amide bonds. The molecule has 570 valence electrons. The van der Waals surface area contributed by atoms with Crippen molar-refractivity contribution >= 4 is 74.3 Å². The van der Waals surface area contributed by atoms with Crippen LogP contribution in [0.2, 0.25) is 0 Å². The number of methoxy groups -OCH3 is 4. The molecule has 23 unspecified atom stereocenters. The maximum Gasteiger partial charge on any atom is 1.00 e. The number of carbonyl (C=O) groups excluding carboxylic acids is 2. The fourth-order valence-electron chi connectivity index (χ4n) is 10.7. The van der Waals surface area contributed by atoms with E-state index in [1.165, 1.54) is 0 Å². The SMILES string of the molecule is CCCCOC1C(COS(=O)(=O)[O-])OC(OC2C(OC)C(OC)C(OC3C(COS(=O)(=O)[O-])OC(OC4COC(OC5C(COS(=O)(=O)[O-])OC(OC)C(OS(=O)(=O)[O-])C5O)[C@H](OCC(=O)[O-])C4OC)C(OS(=O)(=O)[O-])C3OS(=O)(=O)[O-])OC2(CC)C(=O)[O-])C(N)C1OCCCC.[Na+].[Na+].[Na+].[Na+].[Na+].[Na+].[Na+].[Na+]. The van der Waals surface area contributed by atoms with Gasteiger partial charge in [-0.25, -0.2) is 50.5 Å². The zero-order valence-electron chi connectivity index (χ0n) is 59.7. The Kier molecular flexibility index (Phi) is 58.5. The second kappa shape index (κ2) is 52.6. The minimum atomic E-state index is -6.43. The van der Waals surface area contributed by atoms with E-state index < -0.39 is 261 Å². The molecule has 105 heavy (non-hydrogen) atoms. The van der Waals surface area contributed by atoms with Crippen molar-refractivity contribution in [2.24, 2.45) is 5.73 Å². The molecule has 0 spiro atoms. The summed E-state index contributed by atoms with van der Waals surface area (Å²) in [6.45, 7) is -2.30. The first-order chi connectivity index (χ1) is 45.0. The van der Waals surface area contributed by atoms with Crippen molar-refractivity contribution in [1.29, 1.82) is 0 Å². The Morgan fingerprint density at radius 3 is 1.31 bits per heavy atom. The van der Waals surface area contributed by atoms with Gasteiger partial charge in [0.1, 0.15) is 97.2 Å². The van der Waals surface area contributed by atoms with Gasteiger partial charge in [-0.05, 0) is 19.3 Å². The molecular weight excluding hydrogens is 1650 g/mol. The van der Waals surface area contributed by atoms with Crippen LogP contribution in [0.25, 0.3) is 0 Å². The van der Waals surface area contributed by atoms with Crippen LogP contribution >= 0.6 is 0 Å². The van der Waals surface area contributed by atoms with Gasteiger partial charge in [0.25, 0.3) is 0 Å². The van der Waals surface area contributed by atoms with Crippen molar-refractivity contribution in [2.75, 3.05) is 74.7 Å². The van der Waals surface area contributed by atoms with Crippen molar-refractivity contribution in [2.45, 2.75) is 200 Å². The van der Waals surface area contributed by atoms with Crippen molar-refractivity contribution in [1.82, 2.24) is 0 Å². The standard InChI is InChI=1S/C45H79NO45S6.8Na/c1-8-11-13-74-29-22(17-79-93(55,56)57)81-39(25(46)31(29)75-14-12-9-2)87-38-34(71-5)35(72-6)43(88-45(38,10-3)44(50)51)86-30-23(18-80-94(58,59)60)84-42(37(91-97(67,68)69)33(30)90-96(64,65)66)83-20-15-77-41(36(28(20)70-4)76-19-24(47)48)85-27-21(16-78-92(52,53)54)82-40(73-7)32(26(27)49)89-95(61,62)63;;;;;;;;/h20-23,25-43,49H,8-19,46H2,1-7H3,(H,47,48)(H,50,51)(H,52,53,54)(H,55,56,57)(H,58,59,60)(H,61,62,63)(H,64,65,66)(H,67,68,69);;;;;;;;/q;8*+1/p-8/t20?,21?,22?,23?,25?,26?,27?,28?,29?,30?,31?,32?,33?,34?,35?,36-,37?,38?,39?,40?,41?,42?,43?,45?;;;;;;;;/m1......../s1. The van der Waals surface area contributed by atoms with Crippen LogP contribution in [0.1, 0.15) is 52.9 Å². The van der Waals surface area contributed by atoms with E-state index in [1.807, 2.05) is 6.92 Å². The molecule has 60 heteroatoms. The molecule has 5 aliphatic rings. The molecule has 46 nitrogen and oxygen atoms in total. The van der Waals surface area contributed by atoms with E-state index in [0.29, 0.717) is 25.7 Å². The normalized spacial score (nSPS) is 33.9. The molecule has 0 aromatic rings. The first-order valence-corrected chi connectivity index (χ1v) is 36.4. The summed E-state index contributed by atoms with van der Waals surface area (Å²) in [5, 5.41) is 37.0. The Morgan fingerprint density at radius 2 is 0.886 bits per heavy atom. The maximum absolute atomic E-state index is 13.8. The molecule has 0 aromatic carbocycles. The van der Waals surface area contributed by atoms with Gasteiger partial charge < -0.3 is 134 Å². The second-order valence-electron chi connectivity index (χ2n) is 21.2. The number of rotatable bonds is 40. The summed E-state index contributed by atoms with van der Waals surface area (Å²) in [5.74, 6) is -4.29. The number of aliphatic hydroxyl groups is 1. The quantitative estimate of drug-likeness (QED) is 0.0249. The number of carboxylic acid groups (broad SMARTS) is 2. The fourth-order valence-corrected chi connectivity index (χ4v) is 13.1. The Morgan fingerprint density at radius 1 is 0.457 bits per heavy atom. The Balaban J connectivity index is -0.00000638. The summed E-state index contributed by atoms with van der Waals surface area (Å²) in [4.78, 5) is 25.6. The van der Waals surface area contributed by atoms with Crippen molar-refractivity contribution < 1.29 is 440 Å². The minimum Gasteiger partial charge on any atom is -0.726 e. The van der Waals surface area contributed by atoms with Gasteiger partial charge in [-0.15, -0.1) is 0 Å². The van der Waals surface area contributed by atoms with Gasteiger partial charge in [-0.1, -0.05) is 33.6 Å². The Hall–Kier alpha value is 5.44. The van der Waals surface area contributed by atoms with Gasteiger partial charge in [-0.3, -0.25) is 25.1 Å². The molecule has 5 rings (SSSR count). The largest absolute Gasteiger partial charge is 1.00 e. The Labute approximate surface area is 783 Å². The van der Waals surface area contributed by atoms with Crippen molar-refractivity contribution in [3.63, 3.8) is 0 Å². The number of nitrogens with two attached hydrogens (primary N) is 1. The average Bonchev–Trinajstić information content (AvgIpc) is 0.740. The monoisotopic (exact) mass is 1720 g/mol. The zero-order valence-corrected chi connectivity index (χ0v) is 80.6. The van der Waals surface area contributed by atoms with Gasteiger partial charge >= 0.3 is 236 Å². The van der Waals surface area contributed by atoms with E-state index in [9.17, 15) is 103 Å². The van der Waals surface area contributed by atoms with Crippen LogP contribution in [0.4, 0.5) is 0 Å². The van der Waals surface area contributed by atoms with Gasteiger partial charge in [0.15, 0.2) is 43.7 Å². The molecule has 5 fully saturated rings. The summed E-state index contributed by atoms with van der Waals surface area (Å²) < 4.78 is 337. The molecule has 0 bridgehead atoms. The minimum absolute atomic E-state index is 0. The molecule has 5 saturated heterocycles. The van der Waals surface area contributed by atoms with Gasteiger partial charge in [0.05, 0.1) is 51.0 Å². The molecule has 0 aliphatic carbocycles. The van der Waals surface area contributed by atoms with Crippen LogP contribution in [0.5, 0.6) is 0 Å². The molecule has 0 saturated carbocycles. The maximum atomic E-state index is 13.8. The van der Waals surface area contributed by atoms with Crippen LogP contribution in [-0.4, -0.2) is 316 Å². The van der Waals surface area contributed by atoms with E-state index in [1.54, 1.807) is 6.92 Å². The molecule has 3 N–H and O–H groups in total. The number of hydrogen-bond acceptors (Lipinski definition) is 46. The molecule has 0 radical (unpaired) electrons. The molecule has 5 aliphatic heterocycles. The van der Waals surface area contributed by atoms with E-state index in [0.717, 1.165) is 35.4 Å². The van der Waals surface area contributed by atoms with Crippen LogP contribution in [-0.2, 0) is 173 Å². The number of unbranched alkanes of at least 4 members (excludes halogenated alkanes) is 2. The second-order valence-corrected chi connectivity index (χ2v) is 27.4. The summed E-state index contributed by atoms with van der Waals surface area (Å²) in [6, 6.07) is -1.55. The van der Waals surface area contributed by atoms with Crippen molar-refractivity contribution in [3.05, 3.63) is 0 Å². The van der Waals surface area contributed by atoms with E-state index >= 15 is 0 Å². The third-order valence-corrected chi connectivity index (χ3v) is 17.5. The summed E-state index contributed by atoms with van der Waals surface area (Å²) in [6.07, 6.45) is -49.1. The summed E-state index contributed by atoms with van der Waals surface area (Å²) in [7, 11) is -32.4. The number of aliphatic hydroxyl groups excluding tert-OH is 1. The third kappa shape index (κ3) is 36.3. The van der Waals surface area contributed by atoms with Gasteiger partial charge in [0.2, 0.25) is 62.4 Å². The van der Waals surface area contributed by atoms with Crippen LogP contribution in [0.3, 0.4) is 0 Å². The predicted octanol–water partition coefficient (Wildman–Crippen LogP) is -33.8. The van der Waals surface area contributed by atoms with Gasteiger partial charge in [-0.2, -0.15) is 0 Å². The number of hydrogen-bond donors (Lipinski definition) is 2. The predicted molar refractivity (Wildman–Crippen MR) is 286 cm³/mol.